The lowest BCUT2D eigenvalue weighted by Gasteiger charge is -2.18. The Morgan fingerprint density at radius 1 is 1.28 bits per heavy atom. The Labute approximate surface area is 211 Å². The van der Waals surface area contributed by atoms with Crippen LogP contribution < -0.4 is 15.4 Å². The van der Waals surface area contributed by atoms with Crippen molar-refractivity contribution in [3.63, 3.8) is 0 Å². The Morgan fingerprint density at radius 3 is 2.89 bits per heavy atom. The van der Waals surface area contributed by atoms with Gasteiger partial charge < -0.3 is 25.0 Å². The molecule has 1 saturated heterocycles. The second kappa shape index (κ2) is 12.2. The van der Waals surface area contributed by atoms with Crippen molar-refractivity contribution in [2.45, 2.75) is 26.4 Å². The van der Waals surface area contributed by atoms with Crippen LogP contribution in [0.3, 0.4) is 0 Å². The Morgan fingerprint density at radius 2 is 2.14 bits per heavy atom. The fraction of sp³-hybridized carbons (Fsp3) is 0.321. The van der Waals surface area contributed by atoms with Crippen LogP contribution >= 0.6 is 0 Å². The van der Waals surface area contributed by atoms with Crippen molar-refractivity contribution in [3.8, 4) is 18.1 Å². The fourth-order valence-electron chi connectivity index (χ4n) is 3.95. The van der Waals surface area contributed by atoms with E-state index in [1.165, 1.54) is 6.33 Å². The van der Waals surface area contributed by atoms with E-state index in [0.717, 1.165) is 36.1 Å². The number of ether oxygens (including phenoxy) is 2. The first kappa shape index (κ1) is 25.2. The van der Waals surface area contributed by atoms with Gasteiger partial charge in [0.15, 0.2) is 0 Å². The molecule has 2 N–H and O–H groups in total. The molecule has 1 amide bonds. The van der Waals surface area contributed by atoms with Crippen LogP contribution in [-0.2, 0) is 9.53 Å². The zero-order valence-electron chi connectivity index (χ0n) is 20.7. The van der Waals surface area contributed by atoms with E-state index in [1.54, 1.807) is 6.08 Å². The highest BCUT2D eigenvalue weighted by atomic mass is 16.5. The number of amides is 1. The van der Waals surface area contributed by atoms with Crippen molar-refractivity contribution in [2.75, 3.05) is 43.5 Å². The van der Waals surface area contributed by atoms with Crippen LogP contribution in [0, 0.1) is 12.3 Å². The molecule has 1 fully saturated rings. The van der Waals surface area contributed by atoms with Gasteiger partial charge in [-0.2, -0.15) is 0 Å². The number of nitrogens with zero attached hydrogens (tertiary/aromatic N) is 3. The average Bonchev–Trinajstić information content (AvgIpc) is 3.40. The minimum atomic E-state index is -0.234. The highest BCUT2D eigenvalue weighted by molar-refractivity contribution is 6.03. The number of carbonyl (C=O) groups is 1. The Balaban J connectivity index is 1.64. The van der Waals surface area contributed by atoms with E-state index in [9.17, 15) is 4.79 Å². The molecule has 0 radical (unpaired) electrons. The molecule has 1 aliphatic rings. The van der Waals surface area contributed by atoms with Gasteiger partial charge >= 0.3 is 0 Å². The molecule has 3 aromatic rings. The first-order chi connectivity index (χ1) is 17.6. The zero-order valence-corrected chi connectivity index (χ0v) is 20.7. The van der Waals surface area contributed by atoms with Crippen LogP contribution in [0.1, 0.15) is 25.8 Å². The second-order valence-corrected chi connectivity index (χ2v) is 8.42. The summed E-state index contributed by atoms with van der Waals surface area (Å²) in [5, 5.41) is 7.03. The van der Waals surface area contributed by atoms with E-state index in [0.29, 0.717) is 42.5 Å². The predicted octanol–water partition coefficient (Wildman–Crippen LogP) is 4.36. The minimum Gasteiger partial charge on any atom is -0.486 e. The third kappa shape index (κ3) is 6.39. The van der Waals surface area contributed by atoms with E-state index < -0.39 is 0 Å². The van der Waals surface area contributed by atoms with Crippen LogP contribution in [0.4, 0.5) is 17.2 Å². The maximum Gasteiger partial charge on any atom is 0.248 e. The molecule has 1 aliphatic heterocycles. The largest absolute Gasteiger partial charge is 0.486 e. The normalized spacial score (nSPS) is 15.3. The summed E-state index contributed by atoms with van der Waals surface area (Å²) in [6.45, 7) is 7.92. The van der Waals surface area contributed by atoms with Crippen LogP contribution in [0.25, 0.3) is 10.9 Å². The number of nitrogens with one attached hydrogen (secondary N) is 2. The van der Waals surface area contributed by atoms with Crippen molar-refractivity contribution in [3.05, 3.63) is 60.4 Å². The number of fused-ring (bicyclic) bond motifs is 1. The monoisotopic (exact) mass is 485 g/mol. The molecule has 1 unspecified atom stereocenters. The number of anilines is 3. The molecule has 0 bridgehead atoms. The van der Waals surface area contributed by atoms with Gasteiger partial charge in [0.2, 0.25) is 5.91 Å². The molecule has 0 aliphatic carbocycles. The van der Waals surface area contributed by atoms with Gasteiger partial charge in [0, 0.05) is 41.7 Å². The number of hydrogen-bond acceptors (Lipinski definition) is 7. The van der Waals surface area contributed by atoms with Crippen LogP contribution in [0.5, 0.6) is 5.75 Å². The van der Waals surface area contributed by atoms with E-state index in [1.807, 2.05) is 42.5 Å². The molecule has 0 saturated carbocycles. The number of aromatic nitrogens is 2. The summed E-state index contributed by atoms with van der Waals surface area (Å²) in [6.07, 6.45) is 11.2. The minimum absolute atomic E-state index is 0.0813. The lowest BCUT2D eigenvalue weighted by molar-refractivity contribution is -0.111. The van der Waals surface area contributed by atoms with E-state index in [4.69, 9.17) is 15.9 Å². The van der Waals surface area contributed by atoms with Crippen LogP contribution in [0.15, 0.2) is 54.9 Å². The first-order valence-corrected chi connectivity index (χ1v) is 12.2. The van der Waals surface area contributed by atoms with Crippen molar-refractivity contribution >= 4 is 34.0 Å². The van der Waals surface area contributed by atoms with Gasteiger partial charge in [0.1, 0.15) is 24.0 Å². The topological polar surface area (TPSA) is 88.6 Å². The van der Waals surface area contributed by atoms with Crippen LogP contribution in [-0.4, -0.2) is 59.7 Å². The molecular formula is C28H31N5O3. The summed E-state index contributed by atoms with van der Waals surface area (Å²) in [6, 6.07) is 11.2. The summed E-state index contributed by atoms with van der Waals surface area (Å²) in [4.78, 5) is 23.9. The number of likely N-dealkylation sites (N-methyl/N-ethyl adjacent to an activating group) is 1. The lowest BCUT2D eigenvalue weighted by atomic mass is 10.1. The SMILES string of the molecule is C#Cc1cccc(Nc2ncnc3cc(OC4CCOC4)c(NC(=O)C=CCN(CC)CC)cc23)c1. The number of hydrogen-bond donors (Lipinski definition) is 2. The molecule has 1 atom stereocenters. The van der Waals surface area contributed by atoms with Crippen LogP contribution in [0.2, 0.25) is 0 Å². The Hall–Kier alpha value is -3.93. The highest BCUT2D eigenvalue weighted by Crippen LogP contribution is 2.34. The summed E-state index contributed by atoms with van der Waals surface area (Å²) in [5.41, 5.74) is 2.79. The van der Waals surface area contributed by atoms with Crippen molar-refractivity contribution < 1.29 is 14.3 Å². The third-order valence-electron chi connectivity index (χ3n) is 6.00. The van der Waals surface area contributed by atoms with Gasteiger partial charge in [0.25, 0.3) is 0 Å². The molecule has 4 rings (SSSR count). The van der Waals surface area contributed by atoms with Crippen molar-refractivity contribution in [2.24, 2.45) is 0 Å². The fourth-order valence-corrected chi connectivity index (χ4v) is 3.95. The van der Waals surface area contributed by atoms with Crippen molar-refractivity contribution in [1.29, 1.82) is 0 Å². The lowest BCUT2D eigenvalue weighted by Crippen LogP contribution is -2.23. The van der Waals surface area contributed by atoms with E-state index in [-0.39, 0.29) is 12.0 Å². The Bertz CT molecular complexity index is 1270. The standard InChI is InChI=1S/C28H31N5O3/c1-4-20-9-7-10-21(15-20)31-28-23-16-25(32-27(34)11-8-13-33(5-2)6-3)26(17-24(23)29-19-30-28)36-22-12-14-35-18-22/h1,7-11,15-17,19,22H,5-6,12-14,18H2,2-3H3,(H,32,34)(H,29,30,31). The van der Waals surface area contributed by atoms with Gasteiger partial charge in [-0.1, -0.05) is 31.9 Å². The molecule has 8 nitrogen and oxygen atoms in total. The first-order valence-electron chi connectivity index (χ1n) is 12.2. The second-order valence-electron chi connectivity index (χ2n) is 8.42. The maximum absolute atomic E-state index is 12.8. The summed E-state index contributed by atoms with van der Waals surface area (Å²) >= 11 is 0. The smallest absolute Gasteiger partial charge is 0.248 e. The molecule has 1 aromatic heterocycles. The van der Waals surface area contributed by atoms with Gasteiger partial charge in [-0.15, -0.1) is 6.42 Å². The molecule has 8 heteroatoms. The zero-order chi connectivity index (χ0) is 25.3. The molecule has 186 valence electrons. The quantitative estimate of drug-likeness (QED) is 0.326. The third-order valence-corrected chi connectivity index (χ3v) is 6.00. The van der Waals surface area contributed by atoms with Crippen molar-refractivity contribution in [1.82, 2.24) is 14.9 Å². The molecular weight excluding hydrogens is 454 g/mol. The number of benzene rings is 2. The van der Waals surface area contributed by atoms with Gasteiger partial charge in [-0.3, -0.25) is 4.79 Å². The Kier molecular flexibility index (Phi) is 8.50. The molecule has 36 heavy (non-hydrogen) atoms. The number of terminal acetylenes is 1. The van der Waals surface area contributed by atoms with Gasteiger partial charge in [-0.05, 0) is 37.4 Å². The number of carbonyl (C=O) groups excluding carboxylic acids is 1. The predicted molar refractivity (Wildman–Crippen MR) is 143 cm³/mol. The summed E-state index contributed by atoms with van der Waals surface area (Å²) in [5.74, 6) is 3.54. The van der Waals surface area contributed by atoms with E-state index >= 15 is 0 Å². The number of rotatable bonds is 10. The van der Waals surface area contributed by atoms with E-state index in [2.05, 4.69) is 45.3 Å². The summed E-state index contributed by atoms with van der Waals surface area (Å²) < 4.78 is 11.7. The van der Waals surface area contributed by atoms with Gasteiger partial charge in [-0.25, -0.2) is 9.97 Å². The summed E-state index contributed by atoms with van der Waals surface area (Å²) in [7, 11) is 0. The molecule has 0 spiro atoms. The maximum atomic E-state index is 12.8. The average molecular weight is 486 g/mol. The molecule has 2 aromatic carbocycles. The highest BCUT2D eigenvalue weighted by Gasteiger charge is 2.20. The molecule has 2 heterocycles. The van der Waals surface area contributed by atoms with Gasteiger partial charge in [0.05, 0.1) is 24.4 Å².